The van der Waals surface area contributed by atoms with Crippen LogP contribution in [0.5, 0.6) is 17.2 Å². The van der Waals surface area contributed by atoms with E-state index in [1.54, 1.807) is 12.1 Å². The highest BCUT2D eigenvalue weighted by Crippen LogP contribution is 2.32. The van der Waals surface area contributed by atoms with Crippen molar-refractivity contribution in [1.29, 1.82) is 0 Å². The first-order chi connectivity index (χ1) is 10.6. The van der Waals surface area contributed by atoms with Crippen LogP contribution in [0.4, 0.5) is 5.69 Å². The minimum atomic E-state index is -0.466. The molecule has 0 radical (unpaired) electrons. The van der Waals surface area contributed by atoms with Crippen LogP contribution < -0.4 is 4.74 Å². The normalized spacial score (nSPS) is 10.4. The smallest absolute Gasteiger partial charge is 0.269 e. The molecule has 0 bridgehead atoms. The first-order valence-electron chi connectivity index (χ1n) is 7.34. The van der Waals surface area contributed by atoms with Gasteiger partial charge in [0.25, 0.3) is 5.69 Å². The van der Waals surface area contributed by atoms with Gasteiger partial charge >= 0.3 is 0 Å². The third-order valence-corrected chi connectivity index (χ3v) is 3.37. The lowest BCUT2D eigenvalue weighted by atomic mass is 10.1. The first kappa shape index (κ1) is 15.8. The molecule has 0 saturated carbocycles. The molecule has 2 rings (SSSR count). The summed E-state index contributed by atoms with van der Waals surface area (Å²) >= 11 is 0. The summed E-state index contributed by atoms with van der Waals surface area (Å²) in [5.41, 5.74) is 1.07. The fourth-order valence-electron chi connectivity index (χ4n) is 2.15. The quantitative estimate of drug-likeness (QED) is 0.452. The molecule has 0 aliphatic rings. The Balaban J connectivity index is 2.04. The Bertz CT molecular complexity index is 638. The Morgan fingerprint density at radius 2 is 1.86 bits per heavy atom. The molecule has 2 aromatic rings. The largest absolute Gasteiger partial charge is 0.504 e. The summed E-state index contributed by atoms with van der Waals surface area (Å²) < 4.78 is 5.55. The Hall–Kier alpha value is -2.56. The van der Waals surface area contributed by atoms with Gasteiger partial charge in [-0.1, -0.05) is 25.8 Å². The van der Waals surface area contributed by atoms with Gasteiger partial charge in [-0.05, 0) is 42.7 Å². The number of nitro groups is 1. The molecule has 0 saturated heterocycles. The molecule has 0 amide bonds. The van der Waals surface area contributed by atoms with Gasteiger partial charge in [-0.3, -0.25) is 10.1 Å². The lowest BCUT2D eigenvalue weighted by Gasteiger charge is -2.09. The van der Waals surface area contributed by atoms with E-state index in [2.05, 4.69) is 6.92 Å². The van der Waals surface area contributed by atoms with Crippen molar-refractivity contribution in [3.8, 4) is 17.2 Å². The maximum absolute atomic E-state index is 10.6. The second-order valence-corrected chi connectivity index (χ2v) is 5.11. The van der Waals surface area contributed by atoms with Crippen molar-refractivity contribution >= 4 is 5.69 Å². The summed E-state index contributed by atoms with van der Waals surface area (Å²) in [6, 6.07) is 11.1. The van der Waals surface area contributed by atoms with Crippen molar-refractivity contribution in [2.75, 3.05) is 0 Å². The minimum Gasteiger partial charge on any atom is -0.504 e. The average Bonchev–Trinajstić information content (AvgIpc) is 2.51. The van der Waals surface area contributed by atoms with Gasteiger partial charge in [-0.2, -0.15) is 0 Å². The number of hydrogen-bond donors (Lipinski definition) is 1. The number of unbranched alkanes of at least 4 members (excludes halogenated alkanes) is 2. The third kappa shape index (κ3) is 4.22. The summed E-state index contributed by atoms with van der Waals surface area (Å²) in [6.07, 6.45) is 4.35. The van der Waals surface area contributed by atoms with Crippen LogP contribution in [0.25, 0.3) is 0 Å². The number of aryl methyl sites for hydroxylation is 1. The maximum atomic E-state index is 10.6. The second kappa shape index (κ2) is 7.45. The molecule has 0 atom stereocenters. The number of phenols is 1. The van der Waals surface area contributed by atoms with Gasteiger partial charge in [-0.15, -0.1) is 0 Å². The van der Waals surface area contributed by atoms with Gasteiger partial charge in [0, 0.05) is 12.1 Å². The summed E-state index contributed by atoms with van der Waals surface area (Å²) in [6.45, 7) is 2.15. The van der Waals surface area contributed by atoms with Crippen LogP contribution in [-0.2, 0) is 6.42 Å². The maximum Gasteiger partial charge on any atom is 0.269 e. The van der Waals surface area contributed by atoms with E-state index in [1.165, 1.54) is 30.7 Å². The van der Waals surface area contributed by atoms with Crippen LogP contribution in [0.2, 0.25) is 0 Å². The molecule has 0 aliphatic heterocycles. The van der Waals surface area contributed by atoms with Crippen molar-refractivity contribution in [2.24, 2.45) is 0 Å². The Labute approximate surface area is 129 Å². The van der Waals surface area contributed by atoms with Crippen LogP contribution >= 0.6 is 0 Å². The van der Waals surface area contributed by atoms with Crippen LogP contribution in [0, 0.1) is 10.1 Å². The van der Waals surface area contributed by atoms with Gasteiger partial charge in [0.15, 0.2) is 11.5 Å². The van der Waals surface area contributed by atoms with Gasteiger partial charge < -0.3 is 9.84 Å². The fraction of sp³-hybridized carbons (Fsp3) is 0.294. The summed E-state index contributed by atoms with van der Waals surface area (Å²) in [7, 11) is 0. The number of benzene rings is 2. The summed E-state index contributed by atoms with van der Waals surface area (Å²) in [5.74, 6) is 0.861. The Kier molecular flexibility index (Phi) is 5.36. The van der Waals surface area contributed by atoms with Crippen LogP contribution in [0.15, 0.2) is 42.5 Å². The van der Waals surface area contributed by atoms with E-state index in [1.807, 2.05) is 6.07 Å². The molecule has 0 heterocycles. The minimum absolute atomic E-state index is 0.00263. The number of nitrogens with zero attached hydrogens (tertiary/aromatic N) is 1. The number of hydrogen-bond acceptors (Lipinski definition) is 4. The molecule has 0 spiro atoms. The van der Waals surface area contributed by atoms with E-state index in [0.717, 1.165) is 24.8 Å². The van der Waals surface area contributed by atoms with Crippen LogP contribution in [0.3, 0.4) is 0 Å². The van der Waals surface area contributed by atoms with Crippen LogP contribution in [-0.4, -0.2) is 10.0 Å². The molecule has 116 valence electrons. The molecular formula is C17H19NO4. The molecule has 0 aromatic heterocycles. The molecule has 0 unspecified atom stereocenters. The number of aromatic hydroxyl groups is 1. The predicted octanol–water partition coefficient (Wildman–Crippen LogP) is 4.83. The monoisotopic (exact) mass is 301 g/mol. The molecule has 0 aliphatic carbocycles. The second-order valence-electron chi connectivity index (χ2n) is 5.11. The zero-order chi connectivity index (χ0) is 15.9. The Morgan fingerprint density at radius 1 is 1.14 bits per heavy atom. The molecule has 0 fully saturated rings. The van der Waals surface area contributed by atoms with E-state index >= 15 is 0 Å². The van der Waals surface area contributed by atoms with E-state index in [0.29, 0.717) is 11.5 Å². The molecule has 2 aromatic carbocycles. The Morgan fingerprint density at radius 3 is 2.45 bits per heavy atom. The highest BCUT2D eigenvalue weighted by molar-refractivity contribution is 5.45. The zero-order valence-corrected chi connectivity index (χ0v) is 12.5. The van der Waals surface area contributed by atoms with Gasteiger partial charge in [0.05, 0.1) is 4.92 Å². The standard InChI is InChI=1S/C17H19NO4/c1-2-3-4-5-13-6-11-17(16(19)12-13)22-15-9-7-14(8-10-15)18(20)21/h6-12,19H,2-5H2,1H3. The van der Waals surface area contributed by atoms with Gasteiger partial charge in [0.1, 0.15) is 5.75 Å². The van der Waals surface area contributed by atoms with Crippen molar-refractivity contribution in [3.05, 3.63) is 58.1 Å². The van der Waals surface area contributed by atoms with Crippen molar-refractivity contribution in [1.82, 2.24) is 0 Å². The summed E-state index contributed by atoms with van der Waals surface area (Å²) in [5, 5.41) is 20.6. The third-order valence-electron chi connectivity index (χ3n) is 3.37. The zero-order valence-electron chi connectivity index (χ0n) is 12.5. The van der Waals surface area contributed by atoms with Crippen LogP contribution in [0.1, 0.15) is 31.7 Å². The van der Waals surface area contributed by atoms with E-state index in [4.69, 9.17) is 4.74 Å². The summed E-state index contributed by atoms with van der Waals surface area (Å²) in [4.78, 5) is 10.1. The van der Waals surface area contributed by atoms with E-state index in [-0.39, 0.29) is 11.4 Å². The van der Waals surface area contributed by atoms with Crippen molar-refractivity contribution in [2.45, 2.75) is 32.6 Å². The van der Waals surface area contributed by atoms with E-state index in [9.17, 15) is 15.2 Å². The number of rotatable bonds is 7. The molecule has 1 N–H and O–H groups in total. The molecular weight excluding hydrogens is 282 g/mol. The first-order valence-corrected chi connectivity index (χ1v) is 7.34. The lowest BCUT2D eigenvalue weighted by Crippen LogP contribution is -1.90. The predicted molar refractivity (Wildman–Crippen MR) is 84.5 cm³/mol. The molecule has 22 heavy (non-hydrogen) atoms. The number of ether oxygens (including phenoxy) is 1. The van der Waals surface area contributed by atoms with Crippen molar-refractivity contribution in [3.63, 3.8) is 0 Å². The molecule has 5 heteroatoms. The SMILES string of the molecule is CCCCCc1ccc(Oc2ccc([N+](=O)[O-])cc2)c(O)c1. The van der Waals surface area contributed by atoms with E-state index < -0.39 is 4.92 Å². The number of nitro benzene ring substituents is 1. The topological polar surface area (TPSA) is 72.6 Å². The number of non-ortho nitro benzene ring substituents is 1. The number of phenolic OH excluding ortho intramolecular Hbond substituents is 1. The van der Waals surface area contributed by atoms with Gasteiger partial charge in [0.2, 0.25) is 0 Å². The van der Waals surface area contributed by atoms with Crippen molar-refractivity contribution < 1.29 is 14.8 Å². The average molecular weight is 301 g/mol. The highest BCUT2D eigenvalue weighted by atomic mass is 16.6. The highest BCUT2D eigenvalue weighted by Gasteiger charge is 2.08. The lowest BCUT2D eigenvalue weighted by molar-refractivity contribution is -0.384. The molecule has 5 nitrogen and oxygen atoms in total. The fourth-order valence-corrected chi connectivity index (χ4v) is 2.15. The van der Waals surface area contributed by atoms with Gasteiger partial charge in [-0.25, -0.2) is 0 Å².